The average Bonchev–Trinajstić information content (AvgIpc) is 2.57. The molecule has 68 valence electrons. The average molecular weight is 206 g/mol. The molecule has 0 bridgehead atoms. The summed E-state index contributed by atoms with van der Waals surface area (Å²) in [6.45, 7) is 0. The Morgan fingerprint density at radius 2 is 2.17 bits per heavy atom. The van der Waals surface area contributed by atoms with Gasteiger partial charge < -0.3 is 9.05 Å². The highest BCUT2D eigenvalue weighted by Crippen LogP contribution is 2.49. The Labute approximate surface area is 75.9 Å². The number of hydrogen-bond donors (Lipinski definition) is 0. The lowest BCUT2D eigenvalue weighted by molar-refractivity contribution is 0.275. The molecule has 0 N–H and O–H groups in total. The lowest BCUT2D eigenvalue weighted by Crippen LogP contribution is -1.91. The third kappa shape index (κ3) is 2.42. The molecule has 0 saturated heterocycles. The van der Waals surface area contributed by atoms with Crippen LogP contribution in [0.5, 0.6) is 0 Å². The standard InChI is InChI=1S/C7H11O3PS/c1-9-11(8,10-2)5-7-3-4-12-6-7/h3-4,6H,5H2,1-2H3. The van der Waals surface area contributed by atoms with Crippen molar-refractivity contribution >= 4 is 18.9 Å². The van der Waals surface area contributed by atoms with Crippen LogP contribution in [-0.4, -0.2) is 14.2 Å². The summed E-state index contributed by atoms with van der Waals surface area (Å²) >= 11 is 1.57. The van der Waals surface area contributed by atoms with E-state index in [0.717, 1.165) is 5.56 Å². The lowest BCUT2D eigenvalue weighted by atomic mass is 10.4. The Kier molecular flexibility index (Phi) is 3.47. The van der Waals surface area contributed by atoms with E-state index in [1.807, 2.05) is 16.8 Å². The van der Waals surface area contributed by atoms with Crippen LogP contribution in [0.3, 0.4) is 0 Å². The van der Waals surface area contributed by atoms with Gasteiger partial charge in [0.25, 0.3) is 0 Å². The topological polar surface area (TPSA) is 35.5 Å². The molecular weight excluding hydrogens is 195 g/mol. The van der Waals surface area contributed by atoms with Crippen LogP contribution < -0.4 is 0 Å². The predicted octanol–water partition coefficient (Wildman–Crippen LogP) is 2.73. The van der Waals surface area contributed by atoms with Crippen molar-refractivity contribution in [2.75, 3.05) is 14.2 Å². The molecule has 12 heavy (non-hydrogen) atoms. The van der Waals surface area contributed by atoms with Crippen molar-refractivity contribution in [2.45, 2.75) is 6.16 Å². The van der Waals surface area contributed by atoms with Crippen LogP contribution in [0.25, 0.3) is 0 Å². The first-order chi connectivity index (χ1) is 5.70. The van der Waals surface area contributed by atoms with Gasteiger partial charge in [0.2, 0.25) is 0 Å². The van der Waals surface area contributed by atoms with Crippen molar-refractivity contribution in [1.82, 2.24) is 0 Å². The van der Waals surface area contributed by atoms with Gasteiger partial charge >= 0.3 is 7.60 Å². The maximum atomic E-state index is 11.6. The fourth-order valence-corrected chi connectivity index (χ4v) is 2.65. The van der Waals surface area contributed by atoms with Gasteiger partial charge in [-0.1, -0.05) is 0 Å². The van der Waals surface area contributed by atoms with E-state index in [-0.39, 0.29) is 0 Å². The molecule has 3 nitrogen and oxygen atoms in total. The fraction of sp³-hybridized carbons (Fsp3) is 0.429. The van der Waals surface area contributed by atoms with Crippen molar-refractivity contribution in [3.05, 3.63) is 22.4 Å². The van der Waals surface area contributed by atoms with Gasteiger partial charge in [0, 0.05) is 14.2 Å². The zero-order chi connectivity index (χ0) is 9.03. The molecule has 0 aliphatic carbocycles. The molecular formula is C7H11O3PS. The normalized spacial score (nSPS) is 11.8. The predicted molar refractivity (Wildman–Crippen MR) is 49.6 cm³/mol. The minimum Gasteiger partial charge on any atom is -0.312 e. The molecule has 0 aliphatic rings. The van der Waals surface area contributed by atoms with Gasteiger partial charge in [-0.2, -0.15) is 11.3 Å². The van der Waals surface area contributed by atoms with Gasteiger partial charge in [-0.15, -0.1) is 0 Å². The van der Waals surface area contributed by atoms with Crippen molar-refractivity contribution in [2.24, 2.45) is 0 Å². The summed E-state index contributed by atoms with van der Waals surface area (Å²) in [5, 5.41) is 3.87. The zero-order valence-electron chi connectivity index (χ0n) is 7.02. The first-order valence-corrected chi connectivity index (χ1v) is 6.09. The summed E-state index contributed by atoms with van der Waals surface area (Å²) in [6, 6.07) is 1.91. The molecule has 0 aromatic carbocycles. The van der Waals surface area contributed by atoms with Crippen LogP contribution in [0.15, 0.2) is 16.8 Å². The van der Waals surface area contributed by atoms with E-state index in [9.17, 15) is 4.57 Å². The van der Waals surface area contributed by atoms with Crippen molar-refractivity contribution < 1.29 is 13.6 Å². The second-order valence-corrected chi connectivity index (χ2v) is 5.31. The quantitative estimate of drug-likeness (QED) is 0.710. The van der Waals surface area contributed by atoms with Crippen molar-refractivity contribution in [1.29, 1.82) is 0 Å². The molecule has 0 saturated carbocycles. The second kappa shape index (κ2) is 4.19. The first kappa shape index (κ1) is 9.93. The highest BCUT2D eigenvalue weighted by molar-refractivity contribution is 7.53. The highest BCUT2D eigenvalue weighted by Gasteiger charge is 2.21. The molecule has 5 heteroatoms. The lowest BCUT2D eigenvalue weighted by Gasteiger charge is -2.11. The molecule has 0 atom stereocenters. The minimum atomic E-state index is -2.86. The van der Waals surface area contributed by atoms with Crippen molar-refractivity contribution in [3.8, 4) is 0 Å². The molecule has 1 rings (SSSR count). The molecule has 0 amide bonds. The van der Waals surface area contributed by atoms with Crippen LogP contribution in [-0.2, 0) is 19.8 Å². The largest absolute Gasteiger partial charge is 0.334 e. The SMILES string of the molecule is COP(=O)(Cc1ccsc1)OC. The van der Waals surface area contributed by atoms with Crippen LogP contribution >= 0.6 is 18.9 Å². The Morgan fingerprint density at radius 3 is 2.58 bits per heavy atom. The van der Waals surface area contributed by atoms with E-state index in [4.69, 9.17) is 9.05 Å². The highest BCUT2D eigenvalue weighted by atomic mass is 32.1. The maximum Gasteiger partial charge on any atom is 0.334 e. The molecule has 0 radical (unpaired) electrons. The molecule has 1 aromatic heterocycles. The van der Waals surface area contributed by atoms with Crippen LogP contribution in [0.1, 0.15) is 5.56 Å². The first-order valence-electron chi connectivity index (χ1n) is 3.42. The zero-order valence-corrected chi connectivity index (χ0v) is 8.73. The van der Waals surface area contributed by atoms with E-state index in [1.165, 1.54) is 14.2 Å². The van der Waals surface area contributed by atoms with Gasteiger partial charge in [0.15, 0.2) is 0 Å². The van der Waals surface area contributed by atoms with Gasteiger partial charge in [-0.25, -0.2) is 0 Å². The Balaban J connectivity index is 2.67. The van der Waals surface area contributed by atoms with E-state index in [1.54, 1.807) is 11.3 Å². The van der Waals surface area contributed by atoms with Gasteiger partial charge in [-0.05, 0) is 22.4 Å². The molecule has 1 aromatic rings. The van der Waals surface area contributed by atoms with E-state index >= 15 is 0 Å². The van der Waals surface area contributed by atoms with Crippen LogP contribution in [0, 0.1) is 0 Å². The van der Waals surface area contributed by atoms with Crippen LogP contribution in [0.2, 0.25) is 0 Å². The third-order valence-corrected chi connectivity index (χ3v) is 4.11. The van der Waals surface area contributed by atoms with Crippen LogP contribution in [0.4, 0.5) is 0 Å². The summed E-state index contributed by atoms with van der Waals surface area (Å²) in [5.74, 6) is 0. The van der Waals surface area contributed by atoms with E-state index in [2.05, 4.69) is 0 Å². The summed E-state index contributed by atoms with van der Waals surface area (Å²) in [4.78, 5) is 0. The molecule has 0 unspecified atom stereocenters. The molecule has 1 heterocycles. The minimum absolute atomic E-state index is 0.351. The van der Waals surface area contributed by atoms with E-state index < -0.39 is 7.60 Å². The maximum absolute atomic E-state index is 11.6. The van der Waals surface area contributed by atoms with E-state index in [0.29, 0.717) is 6.16 Å². The summed E-state index contributed by atoms with van der Waals surface area (Å²) in [5.41, 5.74) is 0.993. The molecule has 0 spiro atoms. The second-order valence-electron chi connectivity index (χ2n) is 2.27. The number of hydrogen-bond acceptors (Lipinski definition) is 4. The summed E-state index contributed by atoms with van der Waals surface area (Å²) < 4.78 is 21.2. The Bertz CT molecular complexity index is 262. The van der Waals surface area contributed by atoms with Gasteiger partial charge in [0.05, 0.1) is 6.16 Å². The fourth-order valence-electron chi connectivity index (χ4n) is 0.810. The van der Waals surface area contributed by atoms with Gasteiger partial charge in [-0.3, -0.25) is 4.57 Å². The number of thiophene rings is 1. The Morgan fingerprint density at radius 1 is 1.50 bits per heavy atom. The van der Waals surface area contributed by atoms with Crippen molar-refractivity contribution in [3.63, 3.8) is 0 Å². The monoisotopic (exact) mass is 206 g/mol. The summed E-state index contributed by atoms with van der Waals surface area (Å²) in [6.07, 6.45) is 0.351. The Hall–Kier alpha value is -0.150. The number of rotatable bonds is 4. The van der Waals surface area contributed by atoms with Gasteiger partial charge in [0.1, 0.15) is 0 Å². The molecule has 0 aliphatic heterocycles. The molecule has 0 fully saturated rings. The summed E-state index contributed by atoms with van der Waals surface area (Å²) in [7, 11) is -0.0643. The smallest absolute Gasteiger partial charge is 0.312 e. The third-order valence-electron chi connectivity index (χ3n) is 1.51.